The van der Waals surface area contributed by atoms with Crippen molar-refractivity contribution in [1.29, 1.82) is 0 Å². The van der Waals surface area contributed by atoms with E-state index in [4.69, 9.17) is 0 Å². The van der Waals surface area contributed by atoms with Crippen LogP contribution in [0.15, 0.2) is 11.8 Å². The summed E-state index contributed by atoms with van der Waals surface area (Å²) in [5.74, 6) is -0.133. The molecule has 0 amide bonds. The molecule has 62 valence electrons. The summed E-state index contributed by atoms with van der Waals surface area (Å²) in [6.07, 6.45) is 1.99. The molecule has 1 fully saturated rings. The molecule has 0 bridgehead atoms. The van der Waals surface area contributed by atoms with E-state index in [9.17, 15) is 4.79 Å². The molecule has 1 rings (SSSR count). The molecule has 0 aromatic rings. The average Bonchev–Trinajstić information content (AvgIpc) is 2.80. The first-order valence-electron chi connectivity index (χ1n) is 3.68. The van der Waals surface area contributed by atoms with E-state index in [1.165, 1.54) is 7.11 Å². The lowest BCUT2D eigenvalue weighted by molar-refractivity contribution is -0.140. The Morgan fingerprint density at radius 1 is 1.73 bits per heavy atom. The van der Waals surface area contributed by atoms with Crippen LogP contribution in [0.4, 0.5) is 0 Å². The zero-order chi connectivity index (χ0) is 8.43. The average molecular weight is 155 g/mol. The van der Waals surface area contributed by atoms with Gasteiger partial charge in [-0.05, 0) is 13.8 Å². The van der Waals surface area contributed by atoms with E-state index in [1.54, 1.807) is 0 Å². The molecule has 0 N–H and O–H groups in total. The lowest BCUT2D eigenvalue weighted by Gasteiger charge is -2.02. The second-order valence-electron chi connectivity index (χ2n) is 2.62. The summed E-state index contributed by atoms with van der Waals surface area (Å²) in [4.78, 5) is 12.9. The first-order chi connectivity index (χ1) is 5.20. The molecular formula is C8H13NO2. The third kappa shape index (κ3) is 1.53. The molecule has 1 heterocycles. The molecule has 0 aromatic heterocycles. The van der Waals surface area contributed by atoms with E-state index in [2.05, 4.69) is 4.74 Å². The number of rotatable bonds is 2. The Bertz CT molecular complexity index is 198. The van der Waals surface area contributed by atoms with Gasteiger partial charge in [0.15, 0.2) is 0 Å². The van der Waals surface area contributed by atoms with Gasteiger partial charge in [0.2, 0.25) is 0 Å². The maximum absolute atomic E-state index is 10.9. The molecule has 1 aliphatic rings. The van der Waals surface area contributed by atoms with Gasteiger partial charge < -0.3 is 9.64 Å². The number of ether oxygens (including phenoxy) is 1. The number of nitrogens with zero attached hydrogens (tertiary/aromatic N) is 1. The predicted molar refractivity (Wildman–Crippen MR) is 41.9 cm³/mol. The molecule has 1 atom stereocenters. The Kier molecular flexibility index (Phi) is 2.17. The molecule has 11 heavy (non-hydrogen) atoms. The molecule has 3 nitrogen and oxygen atoms in total. The highest BCUT2D eigenvalue weighted by Gasteiger charge is 2.41. The summed E-state index contributed by atoms with van der Waals surface area (Å²) in [6, 6.07) is -0.0174. The van der Waals surface area contributed by atoms with Crippen LogP contribution < -0.4 is 0 Å². The summed E-state index contributed by atoms with van der Waals surface area (Å²) < 4.78 is 4.59. The summed E-state index contributed by atoms with van der Waals surface area (Å²) in [7, 11) is 1.42. The van der Waals surface area contributed by atoms with E-state index in [0.717, 1.165) is 12.2 Å². The lowest BCUT2D eigenvalue weighted by atomic mass is 10.4. The van der Waals surface area contributed by atoms with Gasteiger partial charge in [-0.1, -0.05) is 6.08 Å². The Morgan fingerprint density at radius 3 is 2.82 bits per heavy atom. The van der Waals surface area contributed by atoms with Crippen LogP contribution in [-0.2, 0) is 9.53 Å². The second kappa shape index (κ2) is 2.95. The number of hydrogen-bond acceptors (Lipinski definition) is 3. The van der Waals surface area contributed by atoms with E-state index in [1.807, 2.05) is 24.8 Å². The summed E-state index contributed by atoms with van der Waals surface area (Å²) in [6.45, 7) is 4.76. The van der Waals surface area contributed by atoms with Crippen LogP contribution in [-0.4, -0.2) is 30.6 Å². The zero-order valence-corrected chi connectivity index (χ0v) is 7.13. The van der Waals surface area contributed by atoms with Crippen molar-refractivity contribution in [2.75, 3.05) is 13.7 Å². The molecule has 0 aromatic carbocycles. The van der Waals surface area contributed by atoms with Crippen LogP contribution in [0.1, 0.15) is 13.8 Å². The van der Waals surface area contributed by atoms with Crippen molar-refractivity contribution in [2.45, 2.75) is 19.9 Å². The lowest BCUT2D eigenvalue weighted by Crippen LogP contribution is -2.13. The first-order valence-corrected chi connectivity index (χ1v) is 3.68. The van der Waals surface area contributed by atoms with Crippen molar-refractivity contribution in [1.82, 2.24) is 4.90 Å². The molecule has 0 saturated carbocycles. The number of methoxy groups -OCH3 is 1. The van der Waals surface area contributed by atoms with E-state index in [0.29, 0.717) is 0 Å². The van der Waals surface area contributed by atoms with Crippen molar-refractivity contribution < 1.29 is 9.53 Å². The largest absolute Gasteiger partial charge is 0.467 e. The topological polar surface area (TPSA) is 29.3 Å². The third-order valence-corrected chi connectivity index (χ3v) is 1.96. The number of carbonyl (C=O) groups excluding carboxylic acids is 1. The minimum absolute atomic E-state index is 0.0174. The highest BCUT2D eigenvalue weighted by atomic mass is 16.5. The van der Waals surface area contributed by atoms with Crippen LogP contribution >= 0.6 is 0 Å². The van der Waals surface area contributed by atoms with Crippen LogP contribution in [0.25, 0.3) is 0 Å². The standard InChI is InChI=1S/C8H13NO2/c1-4-6(2)9-5-7(9)8(10)11-3/h4,7H,5H2,1-3H3/b6-4+. The fraction of sp³-hybridized carbons (Fsp3) is 0.625. The van der Waals surface area contributed by atoms with Crippen molar-refractivity contribution in [2.24, 2.45) is 0 Å². The van der Waals surface area contributed by atoms with Crippen molar-refractivity contribution >= 4 is 5.97 Å². The summed E-state index contributed by atoms with van der Waals surface area (Å²) >= 11 is 0. The van der Waals surface area contributed by atoms with E-state index < -0.39 is 0 Å². The van der Waals surface area contributed by atoms with Gasteiger partial charge in [0.25, 0.3) is 0 Å². The number of carbonyl (C=O) groups is 1. The minimum atomic E-state index is -0.133. The summed E-state index contributed by atoms with van der Waals surface area (Å²) in [5.41, 5.74) is 1.14. The van der Waals surface area contributed by atoms with Gasteiger partial charge in [0.1, 0.15) is 6.04 Å². The fourth-order valence-electron chi connectivity index (χ4n) is 1.03. The normalized spacial score (nSPS) is 23.4. The van der Waals surface area contributed by atoms with Crippen molar-refractivity contribution in [3.8, 4) is 0 Å². The maximum atomic E-state index is 10.9. The predicted octanol–water partition coefficient (Wildman–Crippen LogP) is 0.767. The summed E-state index contributed by atoms with van der Waals surface area (Å²) in [5, 5.41) is 0. The van der Waals surface area contributed by atoms with Crippen LogP contribution in [0.5, 0.6) is 0 Å². The van der Waals surface area contributed by atoms with Gasteiger partial charge in [0.05, 0.1) is 7.11 Å². The monoisotopic (exact) mass is 155 g/mol. The van der Waals surface area contributed by atoms with Gasteiger partial charge in [0, 0.05) is 12.2 Å². The molecule has 0 spiro atoms. The Hall–Kier alpha value is -0.990. The smallest absolute Gasteiger partial charge is 0.330 e. The molecule has 0 radical (unpaired) electrons. The molecule has 0 aliphatic carbocycles. The first kappa shape index (κ1) is 8.11. The van der Waals surface area contributed by atoms with Gasteiger partial charge in [-0.2, -0.15) is 0 Å². The van der Waals surface area contributed by atoms with Gasteiger partial charge in [-0.25, -0.2) is 4.79 Å². The van der Waals surface area contributed by atoms with Crippen LogP contribution in [0.3, 0.4) is 0 Å². The molecule has 1 saturated heterocycles. The van der Waals surface area contributed by atoms with Crippen molar-refractivity contribution in [3.63, 3.8) is 0 Å². The fourth-order valence-corrected chi connectivity index (χ4v) is 1.03. The highest BCUT2D eigenvalue weighted by molar-refractivity contribution is 5.79. The maximum Gasteiger partial charge on any atom is 0.330 e. The van der Waals surface area contributed by atoms with Gasteiger partial charge >= 0.3 is 5.97 Å². The SMILES string of the molecule is C/C=C(\C)N1CC1C(=O)OC. The quantitative estimate of drug-likeness (QED) is 0.435. The molecule has 1 aliphatic heterocycles. The van der Waals surface area contributed by atoms with Crippen molar-refractivity contribution in [3.05, 3.63) is 11.8 Å². The third-order valence-electron chi connectivity index (χ3n) is 1.96. The number of allylic oxidation sites excluding steroid dienone is 2. The highest BCUT2D eigenvalue weighted by Crippen LogP contribution is 2.24. The zero-order valence-electron chi connectivity index (χ0n) is 7.13. The number of esters is 1. The Morgan fingerprint density at radius 2 is 2.36 bits per heavy atom. The minimum Gasteiger partial charge on any atom is -0.467 e. The van der Waals surface area contributed by atoms with Gasteiger partial charge in [-0.15, -0.1) is 0 Å². The van der Waals surface area contributed by atoms with Gasteiger partial charge in [-0.3, -0.25) is 0 Å². The molecular weight excluding hydrogens is 142 g/mol. The Balaban J connectivity index is 2.43. The number of hydrogen-bond donors (Lipinski definition) is 0. The van der Waals surface area contributed by atoms with Crippen LogP contribution in [0, 0.1) is 0 Å². The molecule has 3 heteroatoms. The van der Waals surface area contributed by atoms with E-state index in [-0.39, 0.29) is 12.0 Å². The molecule has 1 unspecified atom stereocenters. The Labute approximate surface area is 66.6 Å². The van der Waals surface area contributed by atoms with E-state index >= 15 is 0 Å². The van der Waals surface area contributed by atoms with Crippen LogP contribution in [0.2, 0.25) is 0 Å². The second-order valence-corrected chi connectivity index (χ2v) is 2.62.